The fourth-order valence-corrected chi connectivity index (χ4v) is 7.06. The van der Waals surface area contributed by atoms with Crippen molar-refractivity contribution in [1.29, 1.82) is 0 Å². The first-order chi connectivity index (χ1) is 7.24. The van der Waals surface area contributed by atoms with Gasteiger partial charge in [0, 0.05) is 5.57 Å². The molecule has 0 heterocycles. The Morgan fingerprint density at radius 2 is 2.00 bits per heavy atom. The van der Waals surface area contributed by atoms with Crippen LogP contribution >= 0.6 is 0 Å². The Hall–Kier alpha value is -0.656. The van der Waals surface area contributed by atoms with Gasteiger partial charge in [-0.3, -0.25) is 0 Å². The van der Waals surface area contributed by atoms with Crippen molar-refractivity contribution >= 4 is 23.3 Å². The highest BCUT2D eigenvalue weighted by molar-refractivity contribution is 6.81. The van der Waals surface area contributed by atoms with Crippen LogP contribution in [0, 0.1) is 0 Å². The zero-order valence-electron chi connectivity index (χ0n) is 10.9. The van der Waals surface area contributed by atoms with Crippen LogP contribution in [0.1, 0.15) is 6.92 Å². The molecule has 0 aromatic rings. The summed E-state index contributed by atoms with van der Waals surface area (Å²) in [4.78, 5) is 11.1. The van der Waals surface area contributed by atoms with E-state index in [1.165, 1.54) is 0 Å². The van der Waals surface area contributed by atoms with Crippen molar-refractivity contribution in [3.8, 4) is 0 Å². The third-order valence-electron chi connectivity index (χ3n) is 1.72. The molecule has 16 heavy (non-hydrogen) atoms. The molecule has 0 unspecified atom stereocenters. The first-order valence-electron chi connectivity index (χ1n) is 5.43. The van der Waals surface area contributed by atoms with E-state index in [1.807, 2.05) is 6.08 Å². The summed E-state index contributed by atoms with van der Waals surface area (Å²) in [7, 11) is -2.69. The van der Waals surface area contributed by atoms with E-state index >= 15 is 0 Å². The highest BCUT2D eigenvalue weighted by Gasteiger charge is 2.19. The van der Waals surface area contributed by atoms with E-state index in [0.717, 1.165) is 0 Å². The van der Waals surface area contributed by atoms with Crippen LogP contribution in [0.5, 0.6) is 0 Å². The lowest BCUT2D eigenvalue weighted by molar-refractivity contribution is -0.137. The summed E-state index contributed by atoms with van der Waals surface area (Å²) in [5, 5.41) is 0. The molecular weight excluding hydrogens is 236 g/mol. The van der Waals surface area contributed by atoms with Gasteiger partial charge in [0.05, 0.1) is 0 Å². The molecule has 0 fully saturated rings. The summed E-state index contributed by atoms with van der Waals surface area (Å²) in [6.45, 7) is 14.0. The lowest BCUT2D eigenvalue weighted by Crippen LogP contribution is -2.33. The fraction of sp³-hybridized carbons (Fsp3) is 0.545. The Balaban J connectivity index is 4.00. The number of hydrogen-bond acceptors (Lipinski definition) is 3. The van der Waals surface area contributed by atoms with E-state index in [-0.39, 0.29) is 5.97 Å². The maximum absolute atomic E-state index is 11.1. The molecule has 0 N–H and O–H groups in total. The smallest absolute Gasteiger partial charge is 0.333 e. The molecule has 0 saturated carbocycles. The summed E-state index contributed by atoms with van der Waals surface area (Å²) in [6, 6.07) is 0. The summed E-state index contributed by atoms with van der Waals surface area (Å²) in [5.41, 5.74) is 2.49. The van der Waals surface area contributed by atoms with Crippen LogP contribution in [-0.4, -0.2) is 29.9 Å². The SMILES string of the molecule is C=C(C)C(=O)OCC=C[Si](C)(C)O[SiH](C)C. The van der Waals surface area contributed by atoms with Crippen molar-refractivity contribution in [2.24, 2.45) is 0 Å². The van der Waals surface area contributed by atoms with Crippen LogP contribution in [0.15, 0.2) is 23.9 Å². The molecule has 0 saturated heterocycles. The van der Waals surface area contributed by atoms with Crippen molar-refractivity contribution in [2.45, 2.75) is 33.1 Å². The van der Waals surface area contributed by atoms with Gasteiger partial charge in [0.1, 0.15) is 6.61 Å². The van der Waals surface area contributed by atoms with Crippen LogP contribution in [0.2, 0.25) is 26.2 Å². The van der Waals surface area contributed by atoms with E-state index in [1.54, 1.807) is 6.92 Å². The summed E-state index contributed by atoms with van der Waals surface area (Å²) >= 11 is 0. The molecule has 92 valence electrons. The minimum absolute atomic E-state index is 0.297. The van der Waals surface area contributed by atoms with Crippen LogP contribution < -0.4 is 0 Å². The fourth-order valence-electron chi connectivity index (χ4n) is 1.23. The zero-order chi connectivity index (χ0) is 12.8. The van der Waals surface area contributed by atoms with Crippen molar-refractivity contribution in [1.82, 2.24) is 0 Å². The van der Waals surface area contributed by atoms with Gasteiger partial charge in [0.15, 0.2) is 17.4 Å². The molecule has 0 atom stereocenters. The number of carbonyl (C=O) groups excluding carboxylic acids is 1. The molecule has 0 aliphatic rings. The predicted molar refractivity (Wildman–Crippen MR) is 72.4 cm³/mol. The first kappa shape index (κ1) is 15.3. The molecule has 0 aliphatic carbocycles. The Kier molecular flexibility index (Phi) is 6.55. The largest absolute Gasteiger partial charge is 0.458 e. The van der Waals surface area contributed by atoms with E-state index in [4.69, 9.17) is 8.85 Å². The quantitative estimate of drug-likeness (QED) is 0.417. The van der Waals surface area contributed by atoms with E-state index in [2.05, 4.69) is 38.5 Å². The zero-order valence-corrected chi connectivity index (χ0v) is 13.0. The van der Waals surface area contributed by atoms with Gasteiger partial charge in [-0.15, -0.1) is 0 Å². The second kappa shape index (κ2) is 6.83. The van der Waals surface area contributed by atoms with Gasteiger partial charge in [-0.2, -0.15) is 0 Å². The van der Waals surface area contributed by atoms with Gasteiger partial charge in [0.2, 0.25) is 0 Å². The van der Waals surface area contributed by atoms with E-state index in [9.17, 15) is 4.79 Å². The lowest BCUT2D eigenvalue weighted by Gasteiger charge is -2.21. The van der Waals surface area contributed by atoms with Crippen LogP contribution in [0.25, 0.3) is 0 Å². The second-order valence-electron chi connectivity index (χ2n) is 4.55. The molecule has 0 aromatic carbocycles. The van der Waals surface area contributed by atoms with Crippen molar-refractivity contribution in [3.63, 3.8) is 0 Å². The average molecular weight is 258 g/mol. The standard InChI is InChI=1S/C11H22O3Si2/c1-10(2)11(12)13-8-7-9-16(5,6)14-15(3)4/h7,9,15H,1,8H2,2-6H3. The number of hydrogen-bond donors (Lipinski definition) is 0. The highest BCUT2D eigenvalue weighted by atomic mass is 28.4. The average Bonchev–Trinajstić information content (AvgIpc) is 2.09. The molecule has 0 aliphatic heterocycles. The Morgan fingerprint density at radius 3 is 2.44 bits per heavy atom. The van der Waals surface area contributed by atoms with Gasteiger partial charge in [-0.25, -0.2) is 4.79 Å². The van der Waals surface area contributed by atoms with Crippen molar-refractivity contribution in [2.75, 3.05) is 6.61 Å². The minimum atomic E-state index is -1.70. The van der Waals surface area contributed by atoms with Gasteiger partial charge in [0.25, 0.3) is 0 Å². The number of carbonyl (C=O) groups is 1. The van der Waals surface area contributed by atoms with Crippen LogP contribution in [-0.2, 0) is 13.6 Å². The first-order valence-corrected chi connectivity index (χ1v) is 11.2. The Bertz CT molecular complexity index is 283. The summed E-state index contributed by atoms with van der Waals surface area (Å²) in [6.07, 6.45) is 1.86. The molecule has 0 rings (SSSR count). The molecule has 0 radical (unpaired) electrons. The number of esters is 1. The van der Waals surface area contributed by atoms with Gasteiger partial charge >= 0.3 is 5.97 Å². The van der Waals surface area contributed by atoms with Crippen molar-refractivity contribution in [3.05, 3.63) is 23.9 Å². The van der Waals surface area contributed by atoms with Crippen LogP contribution in [0.4, 0.5) is 0 Å². The summed E-state index contributed by atoms with van der Waals surface area (Å²) < 4.78 is 10.9. The molecule has 5 heteroatoms. The van der Waals surface area contributed by atoms with Crippen molar-refractivity contribution < 1.29 is 13.6 Å². The molecule has 0 spiro atoms. The Labute approximate surface area is 101 Å². The van der Waals surface area contributed by atoms with E-state index < -0.39 is 17.4 Å². The lowest BCUT2D eigenvalue weighted by atomic mass is 10.4. The molecular formula is C11H22O3Si2. The monoisotopic (exact) mass is 258 g/mol. The maximum Gasteiger partial charge on any atom is 0.333 e. The van der Waals surface area contributed by atoms with E-state index in [0.29, 0.717) is 12.2 Å². The molecule has 0 amide bonds. The van der Waals surface area contributed by atoms with Gasteiger partial charge in [-0.1, -0.05) is 18.4 Å². The van der Waals surface area contributed by atoms with Gasteiger partial charge in [-0.05, 0) is 33.1 Å². The normalized spacial score (nSPS) is 12.1. The topological polar surface area (TPSA) is 35.5 Å². The third kappa shape index (κ3) is 7.61. The molecule has 0 bridgehead atoms. The predicted octanol–water partition coefficient (Wildman–Crippen LogP) is 2.41. The second-order valence-corrected chi connectivity index (χ2v) is 11.1. The Morgan fingerprint density at radius 1 is 1.44 bits per heavy atom. The van der Waals surface area contributed by atoms with Gasteiger partial charge < -0.3 is 8.85 Å². The minimum Gasteiger partial charge on any atom is -0.458 e. The highest BCUT2D eigenvalue weighted by Crippen LogP contribution is 2.08. The number of ether oxygens (including phenoxy) is 1. The molecule has 3 nitrogen and oxygen atoms in total. The molecule has 0 aromatic heterocycles. The van der Waals surface area contributed by atoms with Crippen LogP contribution in [0.3, 0.4) is 0 Å². The summed E-state index contributed by atoms with van der Waals surface area (Å²) in [5.74, 6) is -0.344. The number of rotatable bonds is 6. The maximum atomic E-state index is 11.1. The third-order valence-corrected chi connectivity index (χ3v) is 7.07.